The van der Waals surface area contributed by atoms with E-state index in [0.717, 1.165) is 16.9 Å². The minimum atomic E-state index is -0.306. The van der Waals surface area contributed by atoms with Crippen molar-refractivity contribution in [1.29, 1.82) is 0 Å². The van der Waals surface area contributed by atoms with Gasteiger partial charge in [0.25, 0.3) is 5.89 Å². The number of aromatic nitrogens is 2. The molecule has 0 N–H and O–H groups in total. The van der Waals surface area contributed by atoms with Crippen molar-refractivity contribution in [3.05, 3.63) is 90.2 Å². The van der Waals surface area contributed by atoms with Crippen molar-refractivity contribution in [2.75, 3.05) is 0 Å². The maximum atomic E-state index is 13.0. The van der Waals surface area contributed by atoms with Gasteiger partial charge in [0.05, 0.1) is 0 Å². The Hall–Kier alpha value is -3.47. The number of hydrogen-bond acceptors (Lipinski definition) is 4. The maximum absolute atomic E-state index is 13.0. The van der Waals surface area contributed by atoms with E-state index in [0.29, 0.717) is 23.9 Å². The molecule has 0 unspecified atom stereocenters. The van der Waals surface area contributed by atoms with Crippen LogP contribution in [0.1, 0.15) is 5.56 Å². The van der Waals surface area contributed by atoms with E-state index in [1.807, 2.05) is 54.6 Å². The smallest absolute Gasteiger partial charge is 0.258 e. The van der Waals surface area contributed by atoms with Gasteiger partial charge in [0, 0.05) is 11.1 Å². The standard InChI is InChI=1S/C21H15FN2O2/c22-18-10-6-17(7-11-18)21-23-20(24-26-21)16-8-12-19(13-9-16)25-14-15-4-2-1-3-5-15/h1-13H,14H2. The summed E-state index contributed by atoms with van der Waals surface area (Å²) in [5.74, 6) is 1.28. The van der Waals surface area contributed by atoms with Gasteiger partial charge in [-0.15, -0.1) is 0 Å². The zero-order valence-corrected chi connectivity index (χ0v) is 13.8. The lowest BCUT2D eigenvalue weighted by Gasteiger charge is -2.06. The Bertz CT molecular complexity index is 981. The SMILES string of the molecule is Fc1ccc(-c2nc(-c3ccc(OCc4ccccc4)cc3)no2)cc1. The van der Waals surface area contributed by atoms with Crippen LogP contribution in [0.2, 0.25) is 0 Å². The van der Waals surface area contributed by atoms with Crippen LogP contribution in [0.5, 0.6) is 5.75 Å². The van der Waals surface area contributed by atoms with Crippen LogP contribution in [-0.2, 0) is 6.61 Å². The van der Waals surface area contributed by atoms with Crippen LogP contribution in [0, 0.1) is 5.82 Å². The molecule has 0 bridgehead atoms. The van der Waals surface area contributed by atoms with Gasteiger partial charge in [-0.3, -0.25) is 0 Å². The summed E-state index contributed by atoms with van der Waals surface area (Å²) >= 11 is 0. The molecule has 0 saturated heterocycles. The van der Waals surface area contributed by atoms with Gasteiger partial charge >= 0.3 is 0 Å². The zero-order chi connectivity index (χ0) is 17.8. The molecule has 0 fully saturated rings. The molecule has 3 aromatic carbocycles. The van der Waals surface area contributed by atoms with Crippen LogP contribution in [0.15, 0.2) is 83.4 Å². The third kappa shape index (κ3) is 3.62. The fourth-order valence-corrected chi connectivity index (χ4v) is 2.49. The van der Waals surface area contributed by atoms with Gasteiger partial charge in [-0.25, -0.2) is 4.39 Å². The fourth-order valence-electron chi connectivity index (χ4n) is 2.49. The van der Waals surface area contributed by atoms with E-state index in [1.165, 1.54) is 12.1 Å². The Morgan fingerprint density at radius 1 is 0.808 bits per heavy atom. The van der Waals surface area contributed by atoms with E-state index in [2.05, 4.69) is 10.1 Å². The average Bonchev–Trinajstić information content (AvgIpc) is 3.18. The van der Waals surface area contributed by atoms with E-state index in [9.17, 15) is 4.39 Å². The molecular weight excluding hydrogens is 331 g/mol. The lowest BCUT2D eigenvalue weighted by atomic mass is 10.2. The molecule has 0 amide bonds. The molecule has 0 aliphatic rings. The van der Waals surface area contributed by atoms with Crippen LogP contribution < -0.4 is 4.74 Å². The van der Waals surface area contributed by atoms with Gasteiger partial charge in [-0.1, -0.05) is 35.5 Å². The number of nitrogens with zero attached hydrogens (tertiary/aromatic N) is 2. The first-order valence-corrected chi connectivity index (χ1v) is 8.15. The highest BCUT2D eigenvalue weighted by atomic mass is 19.1. The molecule has 0 saturated carbocycles. The van der Waals surface area contributed by atoms with Crippen LogP contribution in [0.3, 0.4) is 0 Å². The van der Waals surface area contributed by atoms with Crippen LogP contribution >= 0.6 is 0 Å². The summed E-state index contributed by atoms with van der Waals surface area (Å²) in [7, 11) is 0. The number of rotatable bonds is 5. The second-order valence-electron chi connectivity index (χ2n) is 5.73. The molecule has 4 nitrogen and oxygen atoms in total. The molecular formula is C21H15FN2O2. The highest BCUT2D eigenvalue weighted by molar-refractivity contribution is 5.60. The molecule has 0 spiro atoms. The Labute approximate surface area is 149 Å². The largest absolute Gasteiger partial charge is 0.489 e. The summed E-state index contributed by atoms with van der Waals surface area (Å²) in [5, 5.41) is 3.99. The van der Waals surface area contributed by atoms with Crippen molar-refractivity contribution in [3.63, 3.8) is 0 Å². The molecule has 1 aromatic heterocycles. The summed E-state index contributed by atoms with van der Waals surface area (Å²) in [4.78, 5) is 4.36. The molecule has 1 heterocycles. The first-order chi connectivity index (χ1) is 12.8. The first-order valence-electron chi connectivity index (χ1n) is 8.15. The van der Waals surface area contributed by atoms with E-state index >= 15 is 0 Å². The Balaban J connectivity index is 1.46. The van der Waals surface area contributed by atoms with E-state index in [1.54, 1.807) is 12.1 Å². The van der Waals surface area contributed by atoms with Crippen molar-refractivity contribution < 1.29 is 13.7 Å². The number of benzene rings is 3. The second kappa shape index (κ2) is 7.19. The van der Waals surface area contributed by atoms with E-state index in [-0.39, 0.29) is 5.82 Å². The molecule has 0 aliphatic heterocycles. The van der Waals surface area contributed by atoms with Gasteiger partial charge in [-0.2, -0.15) is 4.98 Å². The maximum Gasteiger partial charge on any atom is 0.258 e. The molecule has 4 rings (SSSR count). The minimum Gasteiger partial charge on any atom is -0.489 e. The highest BCUT2D eigenvalue weighted by Crippen LogP contribution is 2.24. The second-order valence-corrected chi connectivity index (χ2v) is 5.73. The van der Waals surface area contributed by atoms with Crippen LogP contribution in [0.4, 0.5) is 4.39 Å². The predicted molar refractivity (Wildman–Crippen MR) is 95.9 cm³/mol. The lowest BCUT2D eigenvalue weighted by Crippen LogP contribution is -1.94. The monoisotopic (exact) mass is 346 g/mol. The predicted octanol–water partition coefficient (Wildman–Crippen LogP) is 5.12. The minimum absolute atomic E-state index is 0.306. The molecule has 128 valence electrons. The normalized spacial score (nSPS) is 10.7. The van der Waals surface area contributed by atoms with Gasteiger partial charge < -0.3 is 9.26 Å². The molecule has 0 atom stereocenters. The summed E-state index contributed by atoms with van der Waals surface area (Å²) in [6, 6.07) is 23.4. The zero-order valence-electron chi connectivity index (χ0n) is 13.8. The topological polar surface area (TPSA) is 48.2 Å². The van der Waals surface area contributed by atoms with Gasteiger partial charge in [0.2, 0.25) is 5.82 Å². The summed E-state index contributed by atoms with van der Waals surface area (Å²) in [6.45, 7) is 0.511. The Morgan fingerprint density at radius 2 is 1.50 bits per heavy atom. The molecule has 0 aliphatic carbocycles. The van der Waals surface area contributed by atoms with Crippen LogP contribution in [-0.4, -0.2) is 10.1 Å². The summed E-state index contributed by atoms with van der Waals surface area (Å²) < 4.78 is 24.0. The third-order valence-corrected chi connectivity index (χ3v) is 3.88. The number of ether oxygens (including phenoxy) is 1. The Kier molecular flexibility index (Phi) is 4.43. The molecule has 0 radical (unpaired) electrons. The molecule has 4 aromatic rings. The van der Waals surface area contributed by atoms with Crippen molar-refractivity contribution in [2.24, 2.45) is 0 Å². The lowest BCUT2D eigenvalue weighted by molar-refractivity contribution is 0.306. The summed E-state index contributed by atoms with van der Waals surface area (Å²) in [6.07, 6.45) is 0. The van der Waals surface area contributed by atoms with E-state index in [4.69, 9.17) is 9.26 Å². The molecule has 5 heteroatoms. The summed E-state index contributed by atoms with van der Waals surface area (Å²) in [5.41, 5.74) is 2.60. The van der Waals surface area contributed by atoms with Crippen molar-refractivity contribution in [1.82, 2.24) is 10.1 Å². The van der Waals surface area contributed by atoms with Crippen molar-refractivity contribution in [3.8, 4) is 28.6 Å². The first kappa shape index (κ1) is 16.0. The quantitative estimate of drug-likeness (QED) is 0.503. The number of hydrogen-bond donors (Lipinski definition) is 0. The van der Waals surface area contributed by atoms with Gasteiger partial charge in [-0.05, 0) is 54.1 Å². The van der Waals surface area contributed by atoms with Gasteiger partial charge in [0.1, 0.15) is 18.2 Å². The van der Waals surface area contributed by atoms with Gasteiger partial charge in [0.15, 0.2) is 0 Å². The average molecular weight is 346 g/mol. The van der Waals surface area contributed by atoms with E-state index < -0.39 is 0 Å². The highest BCUT2D eigenvalue weighted by Gasteiger charge is 2.10. The number of halogens is 1. The van der Waals surface area contributed by atoms with Crippen molar-refractivity contribution >= 4 is 0 Å². The fraction of sp³-hybridized carbons (Fsp3) is 0.0476. The van der Waals surface area contributed by atoms with Crippen LogP contribution in [0.25, 0.3) is 22.8 Å². The van der Waals surface area contributed by atoms with Crippen molar-refractivity contribution in [2.45, 2.75) is 6.61 Å². The third-order valence-electron chi connectivity index (χ3n) is 3.88. The Morgan fingerprint density at radius 3 is 2.23 bits per heavy atom. The molecule has 26 heavy (non-hydrogen) atoms.